The highest BCUT2D eigenvalue weighted by molar-refractivity contribution is 5.58. The van der Waals surface area contributed by atoms with Crippen molar-refractivity contribution in [1.82, 2.24) is 9.97 Å². The third-order valence-electron chi connectivity index (χ3n) is 3.22. The number of aromatic amines is 1. The minimum atomic E-state index is -0.883. The molecule has 3 rings (SSSR count). The number of hydrogen-bond donors (Lipinski definition) is 2. The summed E-state index contributed by atoms with van der Waals surface area (Å²) >= 11 is 0. The lowest BCUT2D eigenvalue weighted by molar-refractivity contribution is 0.211. The van der Waals surface area contributed by atoms with Gasteiger partial charge in [0.15, 0.2) is 0 Å². The van der Waals surface area contributed by atoms with Gasteiger partial charge in [0.25, 0.3) is 0 Å². The molecule has 1 aromatic carbocycles. The number of rotatable bonds is 3. The van der Waals surface area contributed by atoms with Crippen LogP contribution in [0.25, 0.3) is 0 Å². The fourth-order valence-corrected chi connectivity index (χ4v) is 2.27. The number of aliphatic hydroxyl groups is 1. The zero-order valence-corrected chi connectivity index (χ0v) is 10.3. The molecule has 1 aliphatic heterocycles. The van der Waals surface area contributed by atoms with Gasteiger partial charge in [-0.05, 0) is 12.1 Å². The molecule has 0 saturated carbocycles. The molecule has 0 bridgehead atoms. The molecule has 0 aliphatic carbocycles. The Morgan fingerprint density at radius 3 is 2.79 bits per heavy atom. The first-order chi connectivity index (χ1) is 9.25. The number of hydrogen-bond acceptors (Lipinski definition) is 3. The zero-order valence-electron chi connectivity index (χ0n) is 10.3. The number of nitrogens with zero attached hydrogens (tertiary/aromatic N) is 2. The van der Waals surface area contributed by atoms with Crippen LogP contribution in [-0.2, 0) is 0 Å². The highest BCUT2D eigenvalue weighted by Crippen LogP contribution is 2.31. The number of aliphatic hydroxyl groups excluding tert-OH is 1. The molecule has 0 unspecified atom stereocenters. The molecule has 1 aromatic heterocycles. The van der Waals surface area contributed by atoms with E-state index in [4.69, 9.17) is 0 Å². The fraction of sp³-hybridized carbons (Fsp3) is 0.214. The largest absolute Gasteiger partial charge is 0.380 e. The Balaban J connectivity index is 2.00. The first kappa shape index (κ1) is 11.9. The molecule has 98 valence electrons. The molecule has 2 aromatic rings. The third kappa shape index (κ3) is 2.24. The van der Waals surface area contributed by atoms with Crippen LogP contribution in [0.2, 0.25) is 0 Å². The summed E-state index contributed by atoms with van der Waals surface area (Å²) in [7, 11) is 0. The van der Waals surface area contributed by atoms with E-state index in [9.17, 15) is 9.50 Å². The maximum Gasteiger partial charge on any atom is 0.139 e. The topological polar surface area (TPSA) is 52.2 Å². The highest BCUT2D eigenvalue weighted by Gasteiger charge is 2.21. The first-order valence-corrected chi connectivity index (χ1v) is 6.12. The summed E-state index contributed by atoms with van der Waals surface area (Å²) in [5.74, 6) is 0.150. The van der Waals surface area contributed by atoms with E-state index < -0.39 is 6.10 Å². The van der Waals surface area contributed by atoms with Crippen molar-refractivity contribution >= 4 is 5.69 Å². The van der Waals surface area contributed by atoms with Crippen LogP contribution >= 0.6 is 0 Å². The van der Waals surface area contributed by atoms with Crippen LogP contribution in [-0.4, -0.2) is 28.2 Å². The van der Waals surface area contributed by atoms with Gasteiger partial charge in [-0.1, -0.05) is 18.2 Å². The van der Waals surface area contributed by atoms with Crippen LogP contribution in [0, 0.1) is 5.82 Å². The molecule has 0 amide bonds. The lowest BCUT2D eigenvalue weighted by Gasteiger charge is -2.23. The quantitative estimate of drug-likeness (QED) is 0.829. The zero-order chi connectivity index (χ0) is 13.2. The molecule has 1 aliphatic rings. The second kappa shape index (κ2) is 4.85. The molecular weight excluding hydrogens is 245 g/mol. The molecule has 1 atom stereocenters. The lowest BCUT2D eigenvalue weighted by Crippen LogP contribution is -2.21. The van der Waals surface area contributed by atoms with E-state index in [1.54, 1.807) is 18.5 Å². The molecule has 0 spiro atoms. The Morgan fingerprint density at radius 2 is 2.11 bits per heavy atom. The van der Waals surface area contributed by atoms with Gasteiger partial charge in [0.1, 0.15) is 17.7 Å². The second-order valence-corrected chi connectivity index (χ2v) is 4.46. The van der Waals surface area contributed by atoms with Gasteiger partial charge in [-0.15, -0.1) is 0 Å². The predicted octanol–water partition coefficient (Wildman–Crippen LogP) is 2.01. The Hall–Kier alpha value is -2.14. The van der Waals surface area contributed by atoms with Gasteiger partial charge in [0, 0.05) is 36.7 Å². The standard InChI is InChI=1S/C14H14FN3O/c15-10-3-4-11(13(19)14-16-5-6-17-14)12(9-10)18-7-1-2-8-18/h1-6,9,13,19H,7-8H2,(H,16,17)/t13-/m1/s1. The number of aromatic nitrogens is 2. The van der Waals surface area contributed by atoms with Crippen LogP contribution in [0.15, 0.2) is 42.7 Å². The van der Waals surface area contributed by atoms with Crippen molar-refractivity contribution in [2.75, 3.05) is 18.0 Å². The average molecular weight is 259 g/mol. The van der Waals surface area contributed by atoms with Crippen molar-refractivity contribution in [3.05, 3.63) is 59.9 Å². The van der Waals surface area contributed by atoms with E-state index >= 15 is 0 Å². The van der Waals surface area contributed by atoms with Gasteiger partial charge in [-0.3, -0.25) is 0 Å². The van der Waals surface area contributed by atoms with Crippen molar-refractivity contribution in [2.24, 2.45) is 0 Å². The number of H-pyrrole nitrogens is 1. The van der Waals surface area contributed by atoms with Gasteiger partial charge in [-0.25, -0.2) is 9.37 Å². The van der Waals surface area contributed by atoms with E-state index in [-0.39, 0.29) is 5.82 Å². The molecule has 0 fully saturated rings. The average Bonchev–Trinajstić information content (AvgIpc) is 3.11. The summed E-state index contributed by atoms with van der Waals surface area (Å²) in [4.78, 5) is 8.93. The Morgan fingerprint density at radius 1 is 1.32 bits per heavy atom. The van der Waals surface area contributed by atoms with Crippen molar-refractivity contribution in [3.63, 3.8) is 0 Å². The third-order valence-corrected chi connectivity index (χ3v) is 3.22. The fourth-order valence-electron chi connectivity index (χ4n) is 2.27. The van der Waals surface area contributed by atoms with Crippen molar-refractivity contribution in [2.45, 2.75) is 6.10 Å². The molecule has 5 heteroatoms. The van der Waals surface area contributed by atoms with Crippen molar-refractivity contribution in [3.8, 4) is 0 Å². The summed E-state index contributed by atoms with van der Waals surface area (Å²) in [6, 6.07) is 4.42. The van der Waals surface area contributed by atoms with Crippen LogP contribution in [0.3, 0.4) is 0 Å². The summed E-state index contributed by atoms with van der Waals surface area (Å²) in [6.07, 6.45) is 6.39. The maximum absolute atomic E-state index is 13.5. The Kier molecular flexibility index (Phi) is 3.05. The number of halogens is 1. The second-order valence-electron chi connectivity index (χ2n) is 4.46. The summed E-state index contributed by atoms with van der Waals surface area (Å²) in [5, 5.41) is 10.3. The molecular formula is C14H14FN3O. The molecule has 2 N–H and O–H groups in total. The maximum atomic E-state index is 13.5. The van der Waals surface area contributed by atoms with E-state index in [1.165, 1.54) is 12.1 Å². The molecule has 0 radical (unpaired) electrons. The van der Waals surface area contributed by atoms with Gasteiger partial charge < -0.3 is 15.0 Å². The Labute approximate surface area is 110 Å². The molecule has 0 saturated heterocycles. The molecule has 4 nitrogen and oxygen atoms in total. The van der Waals surface area contributed by atoms with Gasteiger partial charge in [0.05, 0.1) is 0 Å². The molecule has 2 heterocycles. The van der Waals surface area contributed by atoms with Gasteiger partial charge in [-0.2, -0.15) is 0 Å². The number of anilines is 1. The smallest absolute Gasteiger partial charge is 0.139 e. The van der Waals surface area contributed by atoms with E-state index in [0.29, 0.717) is 17.1 Å². The van der Waals surface area contributed by atoms with E-state index in [1.807, 2.05) is 17.1 Å². The highest BCUT2D eigenvalue weighted by atomic mass is 19.1. The molecule has 19 heavy (non-hydrogen) atoms. The van der Waals surface area contributed by atoms with Crippen molar-refractivity contribution in [1.29, 1.82) is 0 Å². The first-order valence-electron chi connectivity index (χ1n) is 6.12. The van der Waals surface area contributed by atoms with Crippen LogP contribution in [0.1, 0.15) is 17.5 Å². The van der Waals surface area contributed by atoms with Crippen LogP contribution in [0.4, 0.5) is 10.1 Å². The Bertz CT molecular complexity index is 587. The van der Waals surface area contributed by atoms with Gasteiger partial charge in [0.2, 0.25) is 0 Å². The minimum Gasteiger partial charge on any atom is -0.380 e. The van der Waals surface area contributed by atoms with E-state index in [0.717, 1.165) is 13.1 Å². The predicted molar refractivity (Wildman–Crippen MR) is 70.4 cm³/mol. The van der Waals surface area contributed by atoms with Crippen LogP contribution in [0.5, 0.6) is 0 Å². The normalized spacial score (nSPS) is 16.0. The monoisotopic (exact) mass is 259 g/mol. The van der Waals surface area contributed by atoms with Crippen molar-refractivity contribution < 1.29 is 9.50 Å². The van der Waals surface area contributed by atoms with E-state index in [2.05, 4.69) is 9.97 Å². The number of benzene rings is 1. The SMILES string of the molecule is O[C@@H](c1ncc[nH]1)c1ccc(F)cc1N1CC=CC1. The summed E-state index contributed by atoms with van der Waals surface area (Å²) in [5.41, 5.74) is 1.36. The minimum absolute atomic E-state index is 0.308. The summed E-state index contributed by atoms with van der Waals surface area (Å²) < 4.78 is 13.5. The number of imidazole rings is 1. The summed E-state index contributed by atoms with van der Waals surface area (Å²) in [6.45, 7) is 1.45. The van der Waals surface area contributed by atoms with Gasteiger partial charge >= 0.3 is 0 Å². The lowest BCUT2D eigenvalue weighted by atomic mass is 10.1. The number of nitrogens with one attached hydrogen (secondary N) is 1. The van der Waals surface area contributed by atoms with Crippen LogP contribution < -0.4 is 4.90 Å².